The van der Waals surface area contributed by atoms with Gasteiger partial charge in [-0.05, 0) is 12.1 Å². The van der Waals surface area contributed by atoms with Gasteiger partial charge in [-0.3, -0.25) is 4.98 Å². The summed E-state index contributed by atoms with van der Waals surface area (Å²) in [6.07, 6.45) is 4.32. The Morgan fingerprint density at radius 1 is 1.24 bits per heavy atom. The Kier molecular flexibility index (Phi) is 3.30. The average molecular weight is 230 g/mol. The fourth-order valence-corrected chi connectivity index (χ4v) is 1.30. The minimum atomic E-state index is -0.525. The van der Waals surface area contributed by atoms with E-state index >= 15 is 0 Å². The number of carbonyl (C=O) groups is 1. The van der Waals surface area contributed by atoms with Gasteiger partial charge in [-0.1, -0.05) is 12.1 Å². The third kappa shape index (κ3) is 2.57. The molecule has 0 aliphatic rings. The van der Waals surface area contributed by atoms with Crippen LogP contribution in [-0.2, 0) is 0 Å². The molecule has 0 bridgehead atoms. The zero-order valence-electron chi connectivity index (χ0n) is 9.16. The summed E-state index contributed by atoms with van der Waals surface area (Å²) >= 11 is 0. The molecule has 1 heterocycles. The van der Waals surface area contributed by atoms with E-state index in [0.717, 1.165) is 0 Å². The Balaban J connectivity index is 2.20. The maximum Gasteiger partial charge on any atom is 0.348 e. The molecule has 5 heteroatoms. The van der Waals surface area contributed by atoms with E-state index in [9.17, 15) is 4.79 Å². The van der Waals surface area contributed by atoms with Crippen LogP contribution in [0.3, 0.4) is 0 Å². The number of para-hydroxylation sites is 1. The number of nitrogens with zero attached hydrogens (tertiary/aromatic N) is 2. The molecule has 0 unspecified atom stereocenters. The van der Waals surface area contributed by atoms with E-state index in [1.54, 1.807) is 24.3 Å². The zero-order valence-corrected chi connectivity index (χ0v) is 9.16. The van der Waals surface area contributed by atoms with Crippen molar-refractivity contribution in [3.63, 3.8) is 0 Å². The Bertz CT molecular complexity index is 514. The summed E-state index contributed by atoms with van der Waals surface area (Å²) in [7, 11) is 1.49. The Morgan fingerprint density at radius 2 is 2.06 bits per heavy atom. The third-order valence-electron chi connectivity index (χ3n) is 2.06. The molecule has 2 rings (SSSR count). The van der Waals surface area contributed by atoms with Gasteiger partial charge in [0, 0.05) is 12.4 Å². The van der Waals surface area contributed by atoms with E-state index in [1.165, 1.54) is 25.7 Å². The number of benzene rings is 1. The minimum Gasteiger partial charge on any atom is -0.496 e. The standard InChI is InChI=1S/C12H10N2O3/c1-16-10-5-3-2-4-9(10)12(15)17-11-8-13-6-7-14-11/h2-8H,1H3. The highest BCUT2D eigenvalue weighted by molar-refractivity contribution is 5.93. The molecule has 0 fully saturated rings. The van der Waals surface area contributed by atoms with Gasteiger partial charge in [0.2, 0.25) is 5.88 Å². The van der Waals surface area contributed by atoms with Crippen LogP contribution in [0.15, 0.2) is 42.9 Å². The van der Waals surface area contributed by atoms with Gasteiger partial charge in [0.15, 0.2) is 0 Å². The second-order valence-electron chi connectivity index (χ2n) is 3.13. The number of methoxy groups -OCH3 is 1. The molecule has 0 N–H and O–H groups in total. The number of hydrogen-bond donors (Lipinski definition) is 0. The topological polar surface area (TPSA) is 61.3 Å². The maximum atomic E-state index is 11.8. The molecule has 0 saturated carbocycles. The van der Waals surface area contributed by atoms with Gasteiger partial charge in [-0.2, -0.15) is 0 Å². The van der Waals surface area contributed by atoms with Crippen molar-refractivity contribution in [3.8, 4) is 11.6 Å². The fourth-order valence-electron chi connectivity index (χ4n) is 1.30. The lowest BCUT2D eigenvalue weighted by atomic mass is 10.2. The van der Waals surface area contributed by atoms with Crippen molar-refractivity contribution in [3.05, 3.63) is 48.4 Å². The number of esters is 1. The highest BCUT2D eigenvalue weighted by atomic mass is 16.5. The van der Waals surface area contributed by atoms with Crippen LogP contribution in [0.2, 0.25) is 0 Å². The first kappa shape index (κ1) is 11.1. The highest BCUT2D eigenvalue weighted by Gasteiger charge is 2.14. The lowest BCUT2D eigenvalue weighted by Crippen LogP contribution is -2.10. The summed E-state index contributed by atoms with van der Waals surface area (Å²) in [6, 6.07) is 6.82. The summed E-state index contributed by atoms with van der Waals surface area (Å²) in [6.45, 7) is 0. The van der Waals surface area contributed by atoms with Crippen LogP contribution >= 0.6 is 0 Å². The van der Waals surface area contributed by atoms with E-state index < -0.39 is 5.97 Å². The first-order valence-electron chi connectivity index (χ1n) is 4.92. The Morgan fingerprint density at radius 3 is 2.76 bits per heavy atom. The van der Waals surface area contributed by atoms with E-state index in [1.807, 2.05) is 0 Å². The lowest BCUT2D eigenvalue weighted by Gasteiger charge is -2.06. The molecule has 0 aliphatic carbocycles. The molecule has 0 radical (unpaired) electrons. The molecular weight excluding hydrogens is 220 g/mol. The molecule has 86 valence electrons. The van der Waals surface area contributed by atoms with Gasteiger partial charge in [-0.15, -0.1) is 0 Å². The van der Waals surface area contributed by atoms with Gasteiger partial charge in [-0.25, -0.2) is 9.78 Å². The Hall–Kier alpha value is -2.43. The largest absolute Gasteiger partial charge is 0.496 e. The van der Waals surface area contributed by atoms with Crippen molar-refractivity contribution in [1.82, 2.24) is 9.97 Å². The van der Waals surface area contributed by atoms with Crippen LogP contribution in [0.5, 0.6) is 11.6 Å². The van der Waals surface area contributed by atoms with E-state index in [-0.39, 0.29) is 5.88 Å². The maximum absolute atomic E-state index is 11.8. The fraction of sp³-hybridized carbons (Fsp3) is 0.0833. The number of rotatable bonds is 3. The normalized spacial score (nSPS) is 9.71. The zero-order chi connectivity index (χ0) is 12.1. The van der Waals surface area contributed by atoms with Crippen molar-refractivity contribution < 1.29 is 14.3 Å². The molecule has 0 atom stereocenters. The van der Waals surface area contributed by atoms with Gasteiger partial charge < -0.3 is 9.47 Å². The summed E-state index contributed by atoms with van der Waals surface area (Å²) in [5.41, 5.74) is 0.348. The van der Waals surface area contributed by atoms with Crippen molar-refractivity contribution in [1.29, 1.82) is 0 Å². The van der Waals surface area contributed by atoms with Crippen LogP contribution in [0.1, 0.15) is 10.4 Å². The molecule has 1 aromatic carbocycles. The number of hydrogen-bond acceptors (Lipinski definition) is 5. The van der Waals surface area contributed by atoms with E-state index in [2.05, 4.69) is 9.97 Å². The van der Waals surface area contributed by atoms with E-state index in [0.29, 0.717) is 11.3 Å². The first-order valence-corrected chi connectivity index (χ1v) is 4.92. The second kappa shape index (κ2) is 5.07. The molecule has 17 heavy (non-hydrogen) atoms. The van der Waals surface area contributed by atoms with Crippen LogP contribution in [0.25, 0.3) is 0 Å². The summed E-state index contributed by atoms with van der Waals surface area (Å²) in [4.78, 5) is 19.5. The number of carbonyl (C=O) groups excluding carboxylic acids is 1. The molecule has 0 saturated heterocycles. The number of aromatic nitrogens is 2. The predicted molar refractivity (Wildman–Crippen MR) is 60.0 cm³/mol. The van der Waals surface area contributed by atoms with Gasteiger partial charge in [0.05, 0.1) is 13.3 Å². The quantitative estimate of drug-likeness (QED) is 0.751. The van der Waals surface area contributed by atoms with Gasteiger partial charge >= 0.3 is 5.97 Å². The van der Waals surface area contributed by atoms with E-state index in [4.69, 9.17) is 9.47 Å². The summed E-state index contributed by atoms with van der Waals surface area (Å²) in [5, 5.41) is 0. The highest BCUT2D eigenvalue weighted by Crippen LogP contribution is 2.18. The molecule has 2 aromatic rings. The summed E-state index contributed by atoms with van der Waals surface area (Å²) < 4.78 is 10.1. The Labute approximate surface area is 98.0 Å². The first-order chi connectivity index (χ1) is 8.31. The second-order valence-corrected chi connectivity index (χ2v) is 3.13. The smallest absolute Gasteiger partial charge is 0.348 e. The molecule has 5 nitrogen and oxygen atoms in total. The van der Waals surface area contributed by atoms with Crippen molar-refractivity contribution >= 4 is 5.97 Å². The van der Waals surface area contributed by atoms with Crippen LogP contribution in [0.4, 0.5) is 0 Å². The van der Waals surface area contributed by atoms with Crippen molar-refractivity contribution in [2.75, 3.05) is 7.11 Å². The van der Waals surface area contributed by atoms with Gasteiger partial charge in [0.25, 0.3) is 0 Å². The van der Waals surface area contributed by atoms with Crippen LogP contribution in [-0.4, -0.2) is 23.0 Å². The predicted octanol–water partition coefficient (Wildman–Crippen LogP) is 1.70. The SMILES string of the molecule is COc1ccccc1C(=O)Oc1cnccn1. The number of ether oxygens (including phenoxy) is 2. The lowest BCUT2D eigenvalue weighted by molar-refractivity contribution is 0.0723. The minimum absolute atomic E-state index is 0.156. The summed E-state index contributed by atoms with van der Waals surface area (Å²) in [5.74, 6) is 0.0905. The van der Waals surface area contributed by atoms with Crippen molar-refractivity contribution in [2.45, 2.75) is 0 Å². The van der Waals surface area contributed by atoms with Crippen LogP contribution in [0, 0.1) is 0 Å². The average Bonchev–Trinajstić information content (AvgIpc) is 2.40. The molecular formula is C12H10N2O3. The third-order valence-corrected chi connectivity index (χ3v) is 2.06. The molecule has 0 amide bonds. The molecule has 0 aliphatic heterocycles. The van der Waals surface area contributed by atoms with Crippen LogP contribution < -0.4 is 9.47 Å². The molecule has 0 spiro atoms. The monoisotopic (exact) mass is 230 g/mol. The molecule has 1 aromatic heterocycles. The van der Waals surface area contributed by atoms with Crippen molar-refractivity contribution in [2.24, 2.45) is 0 Å². The van der Waals surface area contributed by atoms with Gasteiger partial charge in [0.1, 0.15) is 11.3 Å².